The van der Waals surface area contributed by atoms with Crippen molar-refractivity contribution in [3.8, 4) is 16.9 Å². The number of carbonyl (C=O) groups excluding carboxylic acids is 1. The monoisotopic (exact) mass is 835 g/mol. The van der Waals surface area contributed by atoms with Crippen molar-refractivity contribution in [3.63, 3.8) is 0 Å². The maximum Gasteiger partial charge on any atom is 0.354 e. The van der Waals surface area contributed by atoms with Crippen molar-refractivity contribution in [2.75, 3.05) is 51.3 Å². The number of aryl methyl sites for hydroxylation is 7. The van der Waals surface area contributed by atoms with E-state index in [1.54, 1.807) is 16.5 Å². The first-order chi connectivity index (χ1) is 28.1. The van der Waals surface area contributed by atoms with E-state index in [0.717, 1.165) is 109 Å². The number of rotatable bonds is 10. The van der Waals surface area contributed by atoms with E-state index < -0.39 is 5.97 Å². The molecule has 2 aliphatic rings. The highest BCUT2D eigenvalue weighted by Crippen LogP contribution is 2.46. The Kier molecular flexibility index (Phi) is 11.0. The number of anilines is 1. The van der Waals surface area contributed by atoms with Gasteiger partial charge in [-0.3, -0.25) is 9.69 Å². The maximum atomic E-state index is 15.3. The van der Waals surface area contributed by atoms with Crippen LogP contribution < -0.4 is 9.64 Å². The van der Waals surface area contributed by atoms with Gasteiger partial charge in [0.15, 0.2) is 5.69 Å². The molecule has 1 atom stereocenters. The first-order valence-corrected chi connectivity index (χ1v) is 21.0. The van der Waals surface area contributed by atoms with Crippen LogP contribution in [0.2, 0.25) is 10.0 Å². The van der Waals surface area contributed by atoms with Crippen LogP contribution in [0.4, 0.5) is 5.69 Å². The van der Waals surface area contributed by atoms with Gasteiger partial charge in [0.05, 0.1) is 34.9 Å². The zero-order chi connectivity index (χ0) is 42.0. The quantitative estimate of drug-likeness (QED) is 0.136. The van der Waals surface area contributed by atoms with Crippen LogP contribution in [0.25, 0.3) is 32.9 Å². The van der Waals surface area contributed by atoms with Crippen molar-refractivity contribution in [3.05, 3.63) is 103 Å². The zero-order valence-corrected chi connectivity index (χ0v) is 36.6. The summed E-state index contributed by atoms with van der Waals surface area (Å²) in [5, 5.41) is 13.5. The van der Waals surface area contributed by atoms with Gasteiger partial charge < -0.3 is 28.8 Å². The van der Waals surface area contributed by atoms with Crippen LogP contribution in [0.3, 0.4) is 0 Å². The number of carboxylic acid groups (broad SMARTS) is 1. The number of hydrogen-bond acceptors (Lipinski definition) is 7. The summed E-state index contributed by atoms with van der Waals surface area (Å²) >= 11 is 13.7. The van der Waals surface area contributed by atoms with E-state index in [9.17, 15) is 9.90 Å². The molecule has 0 saturated carbocycles. The van der Waals surface area contributed by atoms with Crippen molar-refractivity contribution in [1.29, 1.82) is 0 Å². The molecular formula is C46H51Cl2N7O4. The highest BCUT2D eigenvalue weighted by molar-refractivity contribution is 6.35. The van der Waals surface area contributed by atoms with Crippen LogP contribution in [-0.4, -0.2) is 92.3 Å². The van der Waals surface area contributed by atoms with Gasteiger partial charge in [-0.2, -0.15) is 0 Å². The van der Waals surface area contributed by atoms with E-state index in [0.29, 0.717) is 42.4 Å². The molecule has 0 radical (unpaired) electrons. The van der Waals surface area contributed by atoms with Crippen molar-refractivity contribution >= 4 is 62.6 Å². The van der Waals surface area contributed by atoms with Gasteiger partial charge in [0.1, 0.15) is 17.3 Å². The second kappa shape index (κ2) is 15.9. The summed E-state index contributed by atoms with van der Waals surface area (Å²) in [4.78, 5) is 44.8. The number of fused-ring (bicyclic) bond motifs is 4. The molecular weight excluding hydrogens is 785 g/mol. The molecule has 5 heterocycles. The third kappa shape index (κ3) is 7.26. The number of benzene rings is 3. The molecule has 1 N–H and O–H groups in total. The molecule has 1 amide bonds. The number of piperazine rings is 1. The second-order valence-electron chi connectivity index (χ2n) is 16.5. The number of nitrogens with zero attached hydrogens (tertiary/aromatic N) is 7. The lowest BCUT2D eigenvalue weighted by atomic mass is 9.97. The molecule has 11 nitrogen and oxygen atoms in total. The summed E-state index contributed by atoms with van der Waals surface area (Å²) in [6.45, 7) is 17.3. The SMILES string of the molecule is Cc1ccc2c(c1)c(N1C[C@@H](C)n3c(c(CCCOc4cc(C)c(Cl)c(C)c4)c4ccc(Cl)c(-c5c(C)nc(CN6CCN(C)CC6)nc5C)c43)C1=O)c(C(=O)O)n2C. The van der Waals surface area contributed by atoms with Crippen LogP contribution in [0.5, 0.6) is 5.75 Å². The molecule has 308 valence electrons. The minimum atomic E-state index is -1.09. The van der Waals surface area contributed by atoms with Crippen LogP contribution in [0.1, 0.15) is 79.8 Å². The van der Waals surface area contributed by atoms with Gasteiger partial charge in [0.25, 0.3) is 5.91 Å². The Morgan fingerprint density at radius 3 is 2.24 bits per heavy atom. The number of halogens is 2. The van der Waals surface area contributed by atoms with Gasteiger partial charge in [-0.25, -0.2) is 14.8 Å². The van der Waals surface area contributed by atoms with Crippen LogP contribution >= 0.6 is 23.2 Å². The van der Waals surface area contributed by atoms with Gasteiger partial charge in [-0.05, 0) is 108 Å². The minimum absolute atomic E-state index is 0.0722. The fraction of sp³-hybridized carbons (Fsp3) is 0.391. The van der Waals surface area contributed by atoms with E-state index in [1.807, 2.05) is 77.1 Å². The fourth-order valence-electron chi connectivity index (χ4n) is 9.27. The molecule has 0 unspecified atom stereocenters. The minimum Gasteiger partial charge on any atom is -0.494 e. The smallest absolute Gasteiger partial charge is 0.354 e. The molecule has 2 aliphatic heterocycles. The molecule has 59 heavy (non-hydrogen) atoms. The van der Waals surface area contributed by atoms with Crippen molar-refractivity contribution in [2.45, 2.75) is 67.0 Å². The molecule has 8 rings (SSSR count). The fourth-order valence-corrected chi connectivity index (χ4v) is 9.62. The average Bonchev–Trinajstić information content (AvgIpc) is 3.67. The van der Waals surface area contributed by atoms with Crippen molar-refractivity contribution < 1.29 is 19.4 Å². The van der Waals surface area contributed by atoms with Gasteiger partial charge >= 0.3 is 5.97 Å². The number of ether oxygens (including phenoxy) is 1. The maximum absolute atomic E-state index is 15.3. The highest BCUT2D eigenvalue weighted by Gasteiger charge is 2.39. The topological polar surface area (TPSA) is 109 Å². The molecule has 3 aromatic carbocycles. The summed E-state index contributed by atoms with van der Waals surface area (Å²) < 4.78 is 10.1. The van der Waals surface area contributed by atoms with Crippen LogP contribution in [0.15, 0.2) is 42.5 Å². The standard InChI is InChI=1S/C46H51Cl2N7O4/c1-25-11-14-36-34(20-25)42(44(46(57)58)52(36)8)54-23-28(4)55-41-33(32(43(55)45(54)56)10-9-19-59-31-21-26(2)40(48)27(3)22-31)12-13-35(47)39(41)38-29(5)49-37(50-30(38)6)24-53-17-15-51(7)16-18-53/h11-14,20-22,28H,9-10,15-19,23-24H2,1-8H3,(H,57,58)/t28-/m1/s1. The summed E-state index contributed by atoms with van der Waals surface area (Å²) in [6.07, 6.45) is 1.14. The molecule has 6 aromatic rings. The molecule has 0 aliphatic carbocycles. The second-order valence-corrected chi connectivity index (χ2v) is 17.2. The van der Waals surface area contributed by atoms with Crippen molar-refractivity contribution in [1.82, 2.24) is 28.9 Å². The number of amides is 1. The first-order valence-electron chi connectivity index (χ1n) is 20.3. The summed E-state index contributed by atoms with van der Waals surface area (Å²) in [5.41, 5.74) is 9.62. The van der Waals surface area contributed by atoms with E-state index >= 15 is 4.79 Å². The van der Waals surface area contributed by atoms with Gasteiger partial charge in [0, 0.05) is 84.1 Å². The largest absolute Gasteiger partial charge is 0.494 e. The molecule has 1 fully saturated rings. The van der Waals surface area contributed by atoms with Gasteiger partial charge in [-0.15, -0.1) is 0 Å². The number of aromatic carboxylic acids is 1. The molecule has 1 saturated heterocycles. The number of carbonyl (C=O) groups is 2. The predicted molar refractivity (Wildman–Crippen MR) is 236 cm³/mol. The Morgan fingerprint density at radius 1 is 0.898 bits per heavy atom. The van der Waals surface area contributed by atoms with Crippen molar-refractivity contribution in [2.24, 2.45) is 7.05 Å². The van der Waals surface area contributed by atoms with E-state index in [2.05, 4.69) is 28.3 Å². The third-order valence-corrected chi connectivity index (χ3v) is 13.0. The average molecular weight is 837 g/mol. The van der Waals surface area contributed by atoms with Gasteiger partial charge in [-0.1, -0.05) is 40.9 Å². The normalized spacial score (nSPS) is 16.4. The summed E-state index contributed by atoms with van der Waals surface area (Å²) in [6, 6.07) is 13.4. The van der Waals surface area contributed by atoms with E-state index in [4.69, 9.17) is 37.9 Å². The van der Waals surface area contributed by atoms with Gasteiger partial charge in [0.2, 0.25) is 0 Å². The molecule has 0 spiro atoms. The lowest BCUT2D eigenvalue weighted by molar-refractivity contribution is 0.0687. The predicted octanol–water partition coefficient (Wildman–Crippen LogP) is 9.12. The Morgan fingerprint density at radius 2 is 1.58 bits per heavy atom. The number of likely N-dealkylation sites (N-methyl/N-ethyl adjacent to an activating group) is 1. The molecule has 13 heteroatoms. The first kappa shape index (κ1) is 40.8. The zero-order valence-electron chi connectivity index (χ0n) is 35.0. The number of hydrogen-bond donors (Lipinski definition) is 1. The Labute approximate surface area is 355 Å². The highest BCUT2D eigenvalue weighted by atomic mass is 35.5. The Balaban J connectivity index is 1.27. The lowest BCUT2D eigenvalue weighted by Crippen LogP contribution is -2.44. The molecule has 0 bridgehead atoms. The van der Waals surface area contributed by atoms with E-state index in [1.165, 1.54) is 0 Å². The Bertz CT molecular complexity index is 2630. The summed E-state index contributed by atoms with van der Waals surface area (Å²) in [7, 11) is 3.89. The Hall–Kier alpha value is -4.94. The van der Waals surface area contributed by atoms with Crippen LogP contribution in [0, 0.1) is 34.6 Å². The third-order valence-electron chi connectivity index (χ3n) is 12.1. The number of aromatic nitrogens is 4. The summed E-state index contributed by atoms with van der Waals surface area (Å²) in [5.74, 6) is 0.168. The number of carboxylic acids is 1. The van der Waals surface area contributed by atoms with E-state index in [-0.39, 0.29) is 24.2 Å². The molecule has 3 aromatic heterocycles. The van der Waals surface area contributed by atoms with Crippen LogP contribution in [-0.2, 0) is 20.0 Å². The lowest BCUT2D eigenvalue weighted by Gasteiger charge is -2.34.